The summed E-state index contributed by atoms with van der Waals surface area (Å²) in [6.45, 7) is 1.36. The Labute approximate surface area is 173 Å². The molecule has 1 N–H and O–H groups in total. The molecular formula is C22H24F2N4O2. The summed E-state index contributed by atoms with van der Waals surface area (Å²) in [7, 11) is 1.75. The zero-order chi connectivity index (χ0) is 21.3. The van der Waals surface area contributed by atoms with Crippen LogP contribution in [-0.4, -0.2) is 52.9 Å². The molecular weight excluding hydrogens is 390 g/mol. The van der Waals surface area contributed by atoms with Gasteiger partial charge in [-0.1, -0.05) is 0 Å². The molecule has 0 spiro atoms. The van der Waals surface area contributed by atoms with Crippen molar-refractivity contribution in [1.29, 1.82) is 0 Å². The Balaban J connectivity index is 1.32. The van der Waals surface area contributed by atoms with Crippen LogP contribution in [0.5, 0.6) is 0 Å². The molecule has 2 aromatic rings. The summed E-state index contributed by atoms with van der Waals surface area (Å²) in [5.74, 6) is -0.863. The Bertz CT molecular complexity index is 918. The highest BCUT2D eigenvalue weighted by Crippen LogP contribution is 2.32. The van der Waals surface area contributed by atoms with Gasteiger partial charge in [-0.25, -0.2) is 13.6 Å². The van der Waals surface area contributed by atoms with Crippen molar-refractivity contribution in [2.24, 2.45) is 5.92 Å². The third-order valence-corrected chi connectivity index (χ3v) is 5.74. The summed E-state index contributed by atoms with van der Waals surface area (Å²) in [5.41, 5.74) is 1.23. The molecule has 6 nitrogen and oxygen atoms in total. The van der Waals surface area contributed by atoms with Crippen LogP contribution in [0.15, 0.2) is 36.5 Å². The molecule has 1 aromatic carbocycles. The average molecular weight is 414 g/mol. The number of hydrogen-bond donors (Lipinski definition) is 1. The SMILES string of the molecule is CN(C(=O)Nc1ccc(-c2cc(F)cc(F)c2)nc1)C1CCN(C(=O)C2CC2)CC1. The van der Waals surface area contributed by atoms with Gasteiger partial charge in [0.1, 0.15) is 11.6 Å². The molecule has 0 radical (unpaired) electrons. The largest absolute Gasteiger partial charge is 0.342 e. The fourth-order valence-electron chi connectivity index (χ4n) is 3.78. The second-order valence-electron chi connectivity index (χ2n) is 7.96. The van der Waals surface area contributed by atoms with Crippen molar-refractivity contribution in [3.63, 3.8) is 0 Å². The summed E-state index contributed by atoms with van der Waals surface area (Å²) in [4.78, 5) is 32.5. The Hall–Kier alpha value is -3.03. The summed E-state index contributed by atoms with van der Waals surface area (Å²) in [6, 6.07) is 6.28. The molecule has 8 heteroatoms. The average Bonchev–Trinajstić information content (AvgIpc) is 3.58. The van der Waals surface area contributed by atoms with E-state index in [1.807, 2.05) is 4.90 Å². The molecule has 0 unspecified atom stereocenters. The number of likely N-dealkylation sites (tertiary alicyclic amines) is 1. The molecule has 158 valence electrons. The third-order valence-electron chi connectivity index (χ3n) is 5.74. The molecule has 0 atom stereocenters. The fourth-order valence-corrected chi connectivity index (χ4v) is 3.78. The topological polar surface area (TPSA) is 65.5 Å². The second kappa shape index (κ2) is 8.38. The molecule has 2 fully saturated rings. The van der Waals surface area contributed by atoms with E-state index in [9.17, 15) is 18.4 Å². The minimum atomic E-state index is -0.671. The zero-order valence-electron chi connectivity index (χ0n) is 16.8. The lowest BCUT2D eigenvalue weighted by Gasteiger charge is -2.36. The van der Waals surface area contributed by atoms with Gasteiger partial charge in [0.2, 0.25) is 5.91 Å². The monoisotopic (exact) mass is 414 g/mol. The van der Waals surface area contributed by atoms with E-state index in [1.165, 1.54) is 18.3 Å². The first-order valence-corrected chi connectivity index (χ1v) is 10.2. The van der Waals surface area contributed by atoms with Gasteiger partial charge >= 0.3 is 6.03 Å². The van der Waals surface area contributed by atoms with Crippen molar-refractivity contribution >= 4 is 17.6 Å². The van der Waals surface area contributed by atoms with Gasteiger partial charge in [-0.2, -0.15) is 0 Å². The first-order valence-electron chi connectivity index (χ1n) is 10.2. The van der Waals surface area contributed by atoms with Crippen LogP contribution in [0.1, 0.15) is 25.7 Å². The van der Waals surface area contributed by atoms with Crippen LogP contribution in [-0.2, 0) is 4.79 Å². The molecule has 30 heavy (non-hydrogen) atoms. The summed E-state index contributed by atoms with van der Waals surface area (Å²) < 4.78 is 26.8. The van der Waals surface area contributed by atoms with Crippen LogP contribution in [0.25, 0.3) is 11.3 Å². The molecule has 3 amide bonds. The van der Waals surface area contributed by atoms with Crippen LogP contribution >= 0.6 is 0 Å². The lowest BCUT2D eigenvalue weighted by atomic mass is 10.0. The number of carbonyl (C=O) groups is 2. The number of amides is 3. The smallest absolute Gasteiger partial charge is 0.321 e. The van der Waals surface area contributed by atoms with Gasteiger partial charge in [-0.15, -0.1) is 0 Å². The van der Waals surface area contributed by atoms with Crippen LogP contribution in [0.3, 0.4) is 0 Å². The molecule has 1 aliphatic heterocycles. The number of benzene rings is 1. The van der Waals surface area contributed by atoms with Crippen LogP contribution in [0, 0.1) is 17.6 Å². The Morgan fingerprint density at radius 2 is 1.73 bits per heavy atom. The number of carbonyl (C=O) groups excluding carboxylic acids is 2. The van der Waals surface area contributed by atoms with Gasteiger partial charge in [-0.05, 0) is 49.9 Å². The minimum absolute atomic E-state index is 0.0655. The van der Waals surface area contributed by atoms with Gasteiger partial charge in [-0.3, -0.25) is 9.78 Å². The molecule has 1 aliphatic carbocycles. The number of nitrogens with one attached hydrogen (secondary N) is 1. The van der Waals surface area contributed by atoms with Crippen molar-refractivity contribution < 1.29 is 18.4 Å². The highest BCUT2D eigenvalue weighted by atomic mass is 19.1. The van der Waals surface area contributed by atoms with Gasteiger partial charge in [0.25, 0.3) is 0 Å². The number of rotatable bonds is 4. The first kappa shape index (κ1) is 20.3. The van der Waals surface area contributed by atoms with Gasteiger partial charge in [0.05, 0.1) is 17.6 Å². The summed E-state index contributed by atoms with van der Waals surface area (Å²) in [6.07, 6.45) is 4.97. The van der Waals surface area contributed by atoms with Crippen molar-refractivity contribution in [2.75, 3.05) is 25.5 Å². The summed E-state index contributed by atoms with van der Waals surface area (Å²) >= 11 is 0. The Morgan fingerprint density at radius 3 is 2.30 bits per heavy atom. The molecule has 1 aromatic heterocycles. The number of aromatic nitrogens is 1. The van der Waals surface area contributed by atoms with Crippen LogP contribution in [0.4, 0.5) is 19.3 Å². The van der Waals surface area contributed by atoms with E-state index >= 15 is 0 Å². The normalized spacial score (nSPS) is 17.0. The summed E-state index contributed by atoms with van der Waals surface area (Å²) in [5, 5.41) is 2.80. The molecule has 2 heterocycles. The number of piperidine rings is 1. The number of halogens is 2. The Morgan fingerprint density at radius 1 is 1.07 bits per heavy atom. The van der Waals surface area contributed by atoms with Gasteiger partial charge in [0.15, 0.2) is 0 Å². The number of urea groups is 1. The van der Waals surface area contributed by atoms with E-state index in [4.69, 9.17) is 0 Å². The first-order chi connectivity index (χ1) is 14.4. The van der Waals surface area contributed by atoms with Crippen molar-refractivity contribution in [3.05, 3.63) is 48.2 Å². The number of pyridine rings is 1. The molecule has 0 bridgehead atoms. The van der Waals surface area contributed by atoms with E-state index in [0.29, 0.717) is 30.0 Å². The molecule has 1 saturated carbocycles. The molecule has 1 saturated heterocycles. The van der Waals surface area contributed by atoms with Gasteiger partial charge in [0, 0.05) is 43.7 Å². The quantitative estimate of drug-likeness (QED) is 0.826. The minimum Gasteiger partial charge on any atom is -0.342 e. The predicted octanol–water partition coefficient (Wildman–Crippen LogP) is 3.89. The maximum atomic E-state index is 13.4. The Kier molecular flexibility index (Phi) is 5.65. The number of hydrogen-bond acceptors (Lipinski definition) is 3. The van der Waals surface area contributed by atoms with Crippen molar-refractivity contribution in [1.82, 2.24) is 14.8 Å². The van der Waals surface area contributed by atoms with Gasteiger partial charge < -0.3 is 15.1 Å². The highest BCUT2D eigenvalue weighted by molar-refractivity contribution is 5.89. The van der Waals surface area contributed by atoms with E-state index < -0.39 is 11.6 Å². The lowest BCUT2D eigenvalue weighted by molar-refractivity contribution is -0.133. The van der Waals surface area contributed by atoms with E-state index in [1.54, 1.807) is 24.1 Å². The second-order valence-corrected chi connectivity index (χ2v) is 7.96. The lowest BCUT2D eigenvalue weighted by Crippen LogP contribution is -2.48. The van der Waals surface area contributed by atoms with Crippen molar-refractivity contribution in [3.8, 4) is 11.3 Å². The maximum absolute atomic E-state index is 13.4. The van der Waals surface area contributed by atoms with Crippen LogP contribution in [0.2, 0.25) is 0 Å². The van der Waals surface area contributed by atoms with Crippen LogP contribution < -0.4 is 5.32 Å². The number of anilines is 1. The molecule has 2 aliphatic rings. The highest BCUT2D eigenvalue weighted by Gasteiger charge is 2.35. The van der Waals surface area contributed by atoms with Crippen molar-refractivity contribution in [2.45, 2.75) is 31.7 Å². The zero-order valence-corrected chi connectivity index (χ0v) is 16.8. The fraction of sp³-hybridized carbons (Fsp3) is 0.409. The maximum Gasteiger partial charge on any atom is 0.321 e. The van der Waals surface area contributed by atoms with E-state index in [2.05, 4.69) is 10.3 Å². The number of nitrogens with zero attached hydrogens (tertiary/aromatic N) is 3. The third kappa shape index (κ3) is 4.58. The van der Waals surface area contributed by atoms with E-state index in [0.717, 1.165) is 31.7 Å². The van der Waals surface area contributed by atoms with E-state index in [-0.39, 0.29) is 23.9 Å². The molecule has 4 rings (SSSR count). The predicted molar refractivity (Wildman–Crippen MR) is 109 cm³/mol. The standard InChI is InChI=1S/C22H24F2N4O2/c1-27(19-6-8-28(9-7-19)21(29)14-2-3-14)22(30)26-18-4-5-20(25-13-18)15-10-16(23)12-17(24)11-15/h4-5,10-14,19H,2-3,6-9H2,1H3,(H,26,30).